The maximum atomic E-state index is 13.6. The zero-order chi connectivity index (χ0) is 10.8. The standard InChI is InChI=1S/C11H12FN3/c1-15-11(4-5-14-15)9-6-8(7-13)2-3-10(9)12/h2-6H,7,13H2,1H3. The number of nitrogens with two attached hydrogens (primary N) is 1. The summed E-state index contributed by atoms with van der Waals surface area (Å²) in [6, 6.07) is 6.66. The highest BCUT2D eigenvalue weighted by Crippen LogP contribution is 2.22. The minimum absolute atomic E-state index is 0.254. The Morgan fingerprint density at radius 2 is 2.20 bits per heavy atom. The van der Waals surface area contributed by atoms with Crippen LogP contribution >= 0.6 is 0 Å². The Bertz CT molecular complexity index is 476. The van der Waals surface area contributed by atoms with Crippen molar-refractivity contribution in [3.63, 3.8) is 0 Å². The lowest BCUT2D eigenvalue weighted by Crippen LogP contribution is -2.00. The van der Waals surface area contributed by atoms with E-state index >= 15 is 0 Å². The third-order valence-corrected chi connectivity index (χ3v) is 2.36. The van der Waals surface area contributed by atoms with Crippen molar-refractivity contribution in [1.29, 1.82) is 0 Å². The summed E-state index contributed by atoms with van der Waals surface area (Å²) in [6.07, 6.45) is 1.64. The van der Waals surface area contributed by atoms with Gasteiger partial charge in [0, 0.05) is 25.4 Å². The van der Waals surface area contributed by atoms with E-state index in [0.717, 1.165) is 11.3 Å². The summed E-state index contributed by atoms with van der Waals surface area (Å²) < 4.78 is 15.2. The Morgan fingerprint density at radius 1 is 1.40 bits per heavy atom. The van der Waals surface area contributed by atoms with E-state index in [2.05, 4.69) is 5.10 Å². The van der Waals surface area contributed by atoms with Gasteiger partial charge in [-0.15, -0.1) is 0 Å². The zero-order valence-electron chi connectivity index (χ0n) is 8.44. The summed E-state index contributed by atoms with van der Waals surface area (Å²) in [6.45, 7) is 0.408. The lowest BCUT2D eigenvalue weighted by molar-refractivity contribution is 0.627. The van der Waals surface area contributed by atoms with Gasteiger partial charge < -0.3 is 5.73 Å². The Morgan fingerprint density at radius 3 is 2.80 bits per heavy atom. The molecule has 0 saturated carbocycles. The molecule has 0 aliphatic carbocycles. The molecule has 1 aromatic heterocycles. The molecule has 78 valence electrons. The predicted molar refractivity (Wildman–Crippen MR) is 56.5 cm³/mol. The van der Waals surface area contributed by atoms with Crippen molar-refractivity contribution >= 4 is 0 Å². The maximum Gasteiger partial charge on any atom is 0.132 e. The molecule has 0 aliphatic heterocycles. The fourth-order valence-electron chi connectivity index (χ4n) is 1.53. The van der Waals surface area contributed by atoms with E-state index in [0.29, 0.717) is 12.1 Å². The van der Waals surface area contributed by atoms with Crippen LogP contribution in [0.1, 0.15) is 5.56 Å². The average molecular weight is 205 g/mol. The van der Waals surface area contributed by atoms with Crippen molar-refractivity contribution in [3.05, 3.63) is 41.8 Å². The SMILES string of the molecule is Cn1nccc1-c1cc(CN)ccc1F. The van der Waals surface area contributed by atoms with Gasteiger partial charge in [-0.25, -0.2) is 4.39 Å². The fraction of sp³-hybridized carbons (Fsp3) is 0.182. The van der Waals surface area contributed by atoms with Crippen LogP contribution in [-0.2, 0) is 13.6 Å². The van der Waals surface area contributed by atoms with Crippen LogP contribution in [0.4, 0.5) is 4.39 Å². The van der Waals surface area contributed by atoms with E-state index in [1.165, 1.54) is 6.07 Å². The normalized spacial score (nSPS) is 10.6. The van der Waals surface area contributed by atoms with Gasteiger partial charge in [0.05, 0.1) is 5.69 Å². The highest BCUT2D eigenvalue weighted by molar-refractivity contribution is 5.61. The van der Waals surface area contributed by atoms with E-state index in [4.69, 9.17) is 5.73 Å². The van der Waals surface area contributed by atoms with Crippen LogP contribution in [0.15, 0.2) is 30.5 Å². The summed E-state index contributed by atoms with van der Waals surface area (Å²) in [5, 5.41) is 4.01. The van der Waals surface area contributed by atoms with Gasteiger partial charge in [0.2, 0.25) is 0 Å². The van der Waals surface area contributed by atoms with Crippen molar-refractivity contribution in [2.75, 3.05) is 0 Å². The zero-order valence-corrected chi connectivity index (χ0v) is 8.44. The fourth-order valence-corrected chi connectivity index (χ4v) is 1.53. The van der Waals surface area contributed by atoms with Gasteiger partial charge in [-0.1, -0.05) is 6.07 Å². The first-order valence-electron chi connectivity index (χ1n) is 4.69. The van der Waals surface area contributed by atoms with Crippen LogP contribution in [-0.4, -0.2) is 9.78 Å². The number of rotatable bonds is 2. The molecule has 0 spiro atoms. The molecular weight excluding hydrogens is 193 g/mol. The highest BCUT2D eigenvalue weighted by atomic mass is 19.1. The molecule has 15 heavy (non-hydrogen) atoms. The van der Waals surface area contributed by atoms with Gasteiger partial charge in [0.15, 0.2) is 0 Å². The quantitative estimate of drug-likeness (QED) is 0.810. The van der Waals surface area contributed by atoms with Gasteiger partial charge in [-0.3, -0.25) is 4.68 Å². The lowest BCUT2D eigenvalue weighted by atomic mass is 10.1. The van der Waals surface area contributed by atoms with E-state index < -0.39 is 0 Å². The molecule has 2 rings (SSSR count). The maximum absolute atomic E-state index is 13.6. The summed E-state index contributed by atoms with van der Waals surface area (Å²) in [4.78, 5) is 0. The molecule has 0 amide bonds. The summed E-state index contributed by atoms with van der Waals surface area (Å²) in [7, 11) is 1.78. The second-order valence-corrected chi connectivity index (χ2v) is 3.36. The molecule has 0 saturated heterocycles. The van der Waals surface area contributed by atoms with Crippen LogP contribution in [0, 0.1) is 5.82 Å². The molecular formula is C11H12FN3. The lowest BCUT2D eigenvalue weighted by Gasteiger charge is -2.05. The largest absolute Gasteiger partial charge is 0.326 e. The Labute approximate surface area is 87.3 Å². The summed E-state index contributed by atoms with van der Waals surface area (Å²) in [5.74, 6) is -0.254. The number of hydrogen-bond acceptors (Lipinski definition) is 2. The van der Waals surface area contributed by atoms with Crippen molar-refractivity contribution < 1.29 is 4.39 Å². The minimum Gasteiger partial charge on any atom is -0.326 e. The molecule has 1 heterocycles. The predicted octanol–water partition coefficient (Wildman–Crippen LogP) is 1.68. The van der Waals surface area contributed by atoms with E-state index in [1.807, 2.05) is 0 Å². The number of halogens is 1. The first-order valence-corrected chi connectivity index (χ1v) is 4.69. The van der Waals surface area contributed by atoms with Gasteiger partial charge in [0.25, 0.3) is 0 Å². The molecule has 0 bridgehead atoms. The average Bonchev–Trinajstić information content (AvgIpc) is 2.65. The molecule has 4 heteroatoms. The molecule has 0 aliphatic rings. The van der Waals surface area contributed by atoms with Gasteiger partial charge in [-0.05, 0) is 23.8 Å². The van der Waals surface area contributed by atoms with Crippen LogP contribution in [0.25, 0.3) is 11.3 Å². The Balaban J connectivity index is 2.56. The third-order valence-electron chi connectivity index (χ3n) is 2.36. The number of nitrogens with zero attached hydrogens (tertiary/aromatic N) is 2. The van der Waals surface area contributed by atoms with E-state index in [9.17, 15) is 4.39 Å². The van der Waals surface area contributed by atoms with Gasteiger partial charge in [0.1, 0.15) is 5.82 Å². The van der Waals surface area contributed by atoms with E-state index in [1.54, 1.807) is 36.1 Å². The van der Waals surface area contributed by atoms with Crippen molar-refractivity contribution in [1.82, 2.24) is 9.78 Å². The van der Waals surface area contributed by atoms with Gasteiger partial charge in [-0.2, -0.15) is 5.10 Å². The summed E-state index contributed by atoms with van der Waals surface area (Å²) >= 11 is 0. The topological polar surface area (TPSA) is 43.8 Å². The molecule has 0 fully saturated rings. The smallest absolute Gasteiger partial charge is 0.132 e. The second kappa shape index (κ2) is 3.82. The van der Waals surface area contributed by atoms with Crippen LogP contribution in [0.2, 0.25) is 0 Å². The van der Waals surface area contributed by atoms with Crippen molar-refractivity contribution in [2.45, 2.75) is 6.54 Å². The number of benzene rings is 1. The third kappa shape index (κ3) is 1.76. The molecule has 0 unspecified atom stereocenters. The van der Waals surface area contributed by atoms with E-state index in [-0.39, 0.29) is 5.82 Å². The van der Waals surface area contributed by atoms with Crippen LogP contribution < -0.4 is 5.73 Å². The number of aryl methyl sites for hydroxylation is 1. The highest BCUT2D eigenvalue weighted by Gasteiger charge is 2.08. The van der Waals surface area contributed by atoms with Crippen molar-refractivity contribution in [3.8, 4) is 11.3 Å². The van der Waals surface area contributed by atoms with Crippen LogP contribution in [0.3, 0.4) is 0 Å². The Kier molecular flexibility index (Phi) is 2.51. The molecule has 0 radical (unpaired) electrons. The van der Waals surface area contributed by atoms with Gasteiger partial charge >= 0.3 is 0 Å². The second-order valence-electron chi connectivity index (χ2n) is 3.36. The molecule has 0 atom stereocenters. The molecule has 3 nitrogen and oxygen atoms in total. The first-order chi connectivity index (χ1) is 7.22. The Hall–Kier alpha value is -1.68. The monoisotopic (exact) mass is 205 g/mol. The minimum atomic E-state index is -0.254. The van der Waals surface area contributed by atoms with Crippen molar-refractivity contribution in [2.24, 2.45) is 12.8 Å². The van der Waals surface area contributed by atoms with Crippen LogP contribution in [0.5, 0.6) is 0 Å². The summed E-state index contributed by atoms with van der Waals surface area (Å²) in [5.41, 5.74) is 7.72. The molecule has 1 aromatic carbocycles. The first kappa shape index (κ1) is 9.86. The molecule has 2 aromatic rings. The number of hydrogen-bond donors (Lipinski definition) is 1. The molecule has 2 N–H and O–H groups in total. The number of aromatic nitrogens is 2.